The van der Waals surface area contributed by atoms with Crippen molar-refractivity contribution in [3.8, 4) is 5.75 Å². The fourth-order valence-corrected chi connectivity index (χ4v) is 3.59. The first-order valence-corrected chi connectivity index (χ1v) is 10.1. The van der Waals surface area contributed by atoms with Crippen molar-refractivity contribution in [2.45, 2.75) is 19.8 Å². The van der Waals surface area contributed by atoms with Crippen LogP contribution in [-0.2, 0) is 17.6 Å². The third-order valence-electron chi connectivity index (χ3n) is 5.38. The molecule has 1 saturated heterocycles. The fourth-order valence-electron chi connectivity index (χ4n) is 3.59. The van der Waals surface area contributed by atoms with Crippen LogP contribution in [0.15, 0.2) is 48.5 Å². The van der Waals surface area contributed by atoms with E-state index in [0.717, 1.165) is 57.0 Å². The summed E-state index contributed by atoms with van der Waals surface area (Å²) in [5.74, 6) is 0.977. The van der Waals surface area contributed by atoms with Crippen LogP contribution in [0, 0.1) is 0 Å². The van der Waals surface area contributed by atoms with Crippen LogP contribution in [0.4, 0.5) is 5.69 Å². The van der Waals surface area contributed by atoms with Crippen molar-refractivity contribution < 1.29 is 9.53 Å². The molecule has 0 atom stereocenters. The normalized spacial score (nSPS) is 15.4. The van der Waals surface area contributed by atoms with E-state index in [0.29, 0.717) is 6.54 Å². The number of piperazine rings is 1. The second-order valence-electron chi connectivity index (χ2n) is 7.27. The zero-order valence-electron chi connectivity index (χ0n) is 17.0. The number of benzene rings is 2. The van der Waals surface area contributed by atoms with E-state index in [2.05, 4.69) is 40.2 Å². The van der Waals surface area contributed by atoms with Gasteiger partial charge in [-0.3, -0.25) is 9.69 Å². The van der Waals surface area contributed by atoms with E-state index < -0.39 is 0 Å². The largest absolute Gasteiger partial charge is 0.497 e. The predicted octanol–water partition coefficient (Wildman–Crippen LogP) is 3.06. The van der Waals surface area contributed by atoms with E-state index in [-0.39, 0.29) is 5.91 Å². The average Bonchev–Trinajstić information content (AvgIpc) is 2.74. The third-order valence-corrected chi connectivity index (χ3v) is 5.38. The lowest BCUT2D eigenvalue weighted by Gasteiger charge is -2.34. The number of aryl methyl sites for hydroxylation is 1. The van der Waals surface area contributed by atoms with E-state index in [1.54, 1.807) is 7.11 Å². The Labute approximate surface area is 168 Å². The average molecular weight is 382 g/mol. The number of hydrogen-bond donors (Lipinski definition) is 1. The molecule has 0 spiro atoms. The lowest BCUT2D eigenvalue weighted by atomic mass is 10.1. The minimum Gasteiger partial charge on any atom is -0.497 e. The van der Waals surface area contributed by atoms with Gasteiger partial charge in [0.25, 0.3) is 0 Å². The zero-order chi connectivity index (χ0) is 19.8. The van der Waals surface area contributed by atoms with Gasteiger partial charge in [-0.25, -0.2) is 0 Å². The highest BCUT2D eigenvalue weighted by Gasteiger charge is 2.19. The molecule has 1 amide bonds. The highest BCUT2D eigenvalue weighted by atomic mass is 16.5. The first-order chi connectivity index (χ1) is 13.7. The molecule has 1 aliphatic rings. The number of anilines is 1. The zero-order valence-corrected chi connectivity index (χ0v) is 17.0. The quantitative estimate of drug-likeness (QED) is 0.763. The number of nitrogens with zero attached hydrogens (tertiary/aromatic N) is 2. The molecule has 3 rings (SSSR count). The summed E-state index contributed by atoms with van der Waals surface area (Å²) < 4.78 is 5.21. The van der Waals surface area contributed by atoms with E-state index in [1.807, 2.05) is 30.3 Å². The molecule has 0 aliphatic carbocycles. The van der Waals surface area contributed by atoms with Gasteiger partial charge in [0.2, 0.25) is 5.91 Å². The molecule has 0 radical (unpaired) electrons. The summed E-state index contributed by atoms with van der Waals surface area (Å²) >= 11 is 0. The molecule has 0 bridgehead atoms. The Morgan fingerprint density at radius 3 is 2.36 bits per heavy atom. The Morgan fingerprint density at radius 2 is 1.68 bits per heavy atom. The minimum atomic E-state index is 0.0765. The van der Waals surface area contributed by atoms with Gasteiger partial charge in [-0.05, 0) is 42.2 Å². The lowest BCUT2D eigenvalue weighted by molar-refractivity contribution is -0.117. The van der Waals surface area contributed by atoms with Gasteiger partial charge in [0.15, 0.2) is 0 Å². The van der Waals surface area contributed by atoms with Crippen LogP contribution in [-0.4, -0.2) is 62.1 Å². The maximum atomic E-state index is 12.4. The molecule has 5 nitrogen and oxygen atoms in total. The van der Waals surface area contributed by atoms with Crippen molar-refractivity contribution in [1.29, 1.82) is 0 Å². The number of para-hydroxylation sites is 1. The van der Waals surface area contributed by atoms with Crippen LogP contribution in [0.25, 0.3) is 0 Å². The molecule has 1 aliphatic heterocycles. The second-order valence-corrected chi connectivity index (χ2v) is 7.27. The number of hydrogen-bond acceptors (Lipinski definition) is 4. The van der Waals surface area contributed by atoms with E-state index in [9.17, 15) is 4.79 Å². The van der Waals surface area contributed by atoms with Crippen molar-refractivity contribution in [3.63, 3.8) is 0 Å². The standard InChI is InChI=1S/C23H31N3O2/c1-3-20-6-4-5-7-22(20)24-23(27)18-26-16-14-25(15-17-26)13-12-19-8-10-21(28-2)11-9-19/h4-11H,3,12-18H2,1-2H3,(H,24,27). The number of methoxy groups -OCH3 is 1. The van der Waals surface area contributed by atoms with Crippen LogP contribution in [0.1, 0.15) is 18.1 Å². The number of amides is 1. The van der Waals surface area contributed by atoms with Crippen molar-refractivity contribution in [3.05, 3.63) is 59.7 Å². The molecule has 150 valence electrons. The van der Waals surface area contributed by atoms with Crippen LogP contribution in [0.2, 0.25) is 0 Å². The first-order valence-electron chi connectivity index (χ1n) is 10.1. The van der Waals surface area contributed by atoms with Gasteiger partial charge in [0, 0.05) is 38.4 Å². The summed E-state index contributed by atoms with van der Waals surface area (Å²) in [5, 5.41) is 3.07. The monoisotopic (exact) mass is 381 g/mol. The molecule has 1 heterocycles. The summed E-state index contributed by atoms with van der Waals surface area (Å²) in [6, 6.07) is 16.3. The van der Waals surface area contributed by atoms with Crippen LogP contribution in [0.5, 0.6) is 5.75 Å². The highest BCUT2D eigenvalue weighted by Crippen LogP contribution is 2.16. The van der Waals surface area contributed by atoms with Crippen molar-refractivity contribution in [1.82, 2.24) is 9.80 Å². The maximum absolute atomic E-state index is 12.4. The summed E-state index contributed by atoms with van der Waals surface area (Å²) in [4.78, 5) is 17.1. The molecule has 5 heteroatoms. The number of carbonyl (C=O) groups is 1. The fraction of sp³-hybridized carbons (Fsp3) is 0.435. The highest BCUT2D eigenvalue weighted by molar-refractivity contribution is 5.93. The molecule has 0 aromatic heterocycles. The van der Waals surface area contributed by atoms with Gasteiger partial charge in [-0.15, -0.1) is 0 Å². The first kappa shape index (κ1) is 20.4. The Balaban J connectivity index is 1.39. The number of rotatable bonds is 8. The molecule has 2 aromatic carbocycles. The molecular formula is C23H31N3O2. The molecule has 0 saturated carbocycles. The Hall–Kier alpha value is -2.37. The number of ether oxygens (including phenoxy) is 1. The van der Waals surface area contributed by atoms with Gasteiger partial charge < -0.3 is 15.0 Å². The summed E-state index contributed by atoms with van der Waals surface area (Å²) in [7, 11) is 1.69. The predicted molar refractivity (Wildman–Crippen MR) is 114 cm³/mol. The molecule has 0 unspecified atom stereocenters. The van der Waals surface area contributed by atoms with Crippen LogP contribution >= 0.6 is 0 Å². The molecule has 2 aromatic rings. The van der Waals surface area contributed by atoms with Crippen molar-refractivity contribution in [2.75, 3.05) is 51.7 Å². The van der Waals surface area contributed by atoms with Crippen molar-refractivity contribution >= 4 is 11.6 Å². The lowest BCUT2D eigenvalue weighted by Crippen LogP contribution is -2.49. The minimum absolute atomic E-state index is 0.0765. The van der Waals surface area contributed by atoms with Gasteiger partial charge >= 0.3 is 0 Å². The Morgan fingerprint density at radius 1 is 1.00 bits per heavy atom. The van der Waals surface area contributed by atoms with Crippen LogP contribution < -0.4 is 10.1 Å². The van der Waals surface area contributed by atoms with Crippen molar-refractivity contribution in [2.24, 2.45) is 0 Å². The molecule has 1 fully saturated rings. The molecule has 1 N–H and O–H groups in total. The van der Waals surface area contributed by atoms with Gasteiger partial charge in [-0.2, -0.15) is 0 Å². The Bertz CT molecular complexity index is 753. The number of nitrogens with one attached hydrogen (secondary N) is 1. The van der Waals surface area contributed by atoms with E-state index >= 15 is 0 Å². The third kappa shape index (κ3) is 5.81. The van der Waals surface area contributed by atoms with Gasteiger partial charge in [-0.1, -0.05) is 37.3 Å². The topological polar surface area (TPSA) is 44.8 Å². The van der Waals surface area contributed by atoms with E-state index in [4.69, 9.17) is 4.74 Å². The maximum Gasteiger partial charge on any atom is 0.238 e. The summed E-state index contributed by atoms with van der Waals surface area (Å²) in [5.41, 5.74) is 3.45. The second kappa shape index (κ2) is 10.2. The molecular weight excluding hydrogens is 350 g/mol. The summed E-state index contributed by atoms with van der Waals surface area (Å²) in [6.45, 7) is 7.51. The van der Waals surface area contributed by atoms with E-state index in [1.165, 1.54) is 11.1 Å². The van der Waals surface area contributed by atoms with Gasteiger partial charge in [0.1, 0.15) is 5.75 Å². The number of carbonyl (C=O) groups excluding carboxylic acids is 1. The SMILES string of the molecule is CCc1ccccc1NC(=O)CN1CCN(CCc2ccc(OC)cc2)CC1. The van der Waals surface area contributed by atoms with Gasteiger partial charge in [0.05, 0.1) is 13.7 Å². The Kier molecular flexibility index (Phi) is 7.46. The smallest absolute Gasteiger partial charge is 0.238 e. The summed E-state index contributed by atoms with van der Waals surface area (Å²) in [6.07, 6.45) is 1.96. The van der Waals surface area contributed by atoms with Crippen LogP contribution in [0.3, 0.4) is 0 Å². The molecule has 28 heavy (non-hydrogen) atoms.